The molecular formula is C19H29N5. The van der Waals surface area contributed by atoms with E-state index < -0.39 is 0 Å². The molecule has 2 aliphatic heterocycles. The average Bonchev–Trinajstić information content (AvgIpc) is 3.24. The summed E-state index contributed by atoms with van der Waals surface area (Å²) in [6, 6.07) is 0.634. The molecule has 0 bridgehead atoms. The molecule has 5 heteroatoms. The number of nitrogens with two attached hydrogens (primary N) is 1. The molecule has 2 unspecified atom stereocenters. The molecule has 3 heterocycles. The van der Waals surface area contributed by atoms with Crippen LogP contribution in [0.1, 0.15) is 62.6 Å². The summed E-state index contributed by atoms with van der Waals surface area (Å²) in [5, 5.41) is 3.69. The second-order valence-electron chi connectivity index (χ2n) is 8.42. The highest BCUT2D eigenvalue weighted by Crippen LogP contribution is 2.49. The first-order valence-corrected chi connectivity index (χ1v) is 9.90. The minimum atomic E-state index is 0.309. The van der Waals surface area contributed by atoms with Crippen LogP contribution >= 0.6 is 0 Å². The molecule has 4 aliphatic rings. The number of anilines is 2. The first kappa shape index (κ1) is 14.9. The van der Waals surface area contributed by atoms with E-state index >= 15 is 0 Å². The SMILES string of the molecule is Nc1nc(N2CCC3CCNC3C2)c2c(n1)C1(CCCC1)CCC2. The molecule has 1 aromatic rings. The van der Waals surface area contributed by atoms with Crippen molar-refractivity contribution in [3.8, 4) is 0 Å². The molecule has 130 valence electrons. The highest BCUT2D eigenvalue weighted by molar-refractivity contribution is 5.55. The fraction of sp³-hybridized carbons (Fsp3) is 0.789. The predicted octanol–water partition coefficient (Wildman–Crippen LogP) is 2.40. The number of aromatic nitrogens is 2. The van der Waals surface area contributed by atoms with Crippen LogP contribution in [0, 0.1) is 5.92 Å². The zero-order chi connectivity index (χ0) is 16.1. The molecule has 5 nitrogen and oxygen atoms in total. The van der Waals surface area contributed by atoms with E-state index in [1.54, 1.807) is 0 Å². The van der Waals surface area contributed by atoms with Gasteiger partial charge in [0, 0.05) is 30.1 Å². The Morgan fingerprint density at radius 3 is 2.79 bits per heavy atom. The van der Waals surface area contributed by atoms with Gasteiger partial charge in [-0.15, -0.1) is 0 Å². The van der Waals surface area contributed by atoms with Crippen LogP contribution in [-0.4, -0.2) is 35.6 Å². The van der Waals surface area contributed by atoms with E-state index in [9.17, 15) is 0 Å². The normalized spacial score (nSPS) is 31.2. The lowest BCUT2D eigenvalue weighted by atomic mass is 9.71. The van der Waals surface area contributed by atoms with Crippen LogP contribution in [0.15, 0.2) is 0 Å². The number of rotatable bonds is 1. The van der Waals surface area contributed by atoms with Crippen molar-refractivity contribution in [3.63, 3.8) is 0 Å². The highest BCUT2D eigenvalue weighted by atomic mass is 15.2. The van der Waals surface area contributed by atoms with Crippen LogP contribution in [-0.2, 0) is 11.8 Å². The number of nitrogens with one attached hydrogen (secondary N) is 1. The van der Waals surface area contributed by atoms with Crippen LogP contribution in [0.4, 0.5) is 11.8 Å². The molecule has 3 fully saturated rings. The molecule has 5 rings (SSSR count). The quantitative estimate of drug-likeness (QED) is 0.829. The maximum atomic E-state index is 6.18. The highest BCUT2D eigenvalue weighted by Gasteiger charge is 2.43. The number of piperidine rings is 1. The third-order valence-electron chi connectivity index (χ3n) is 7.12. The van der Waals surface area contributed by atoms with Crippen molar-refractivity contribution in [1.82, 2.24) is 15.3 Å². The fourth-order valence-electron chi connectivity index (χ4n) is 5.90. The van der Waals surface area contributed by atoms with E-state index in [0.717, 1.165) is 31.2 Å². The maximum Gasteiger partial charge on any atom is 0.222 e. The summed E-state index contributed by atoms with van der Waals surface area (Å²) in [4.78, 5) is 12.0. The van der Waals surface area contributed by atoms with Crippen LogP contribution in [0.3, 0.4) is 0 Å². The number of hydrogen-bond acceptors (Lipinski definition) is 5. The van der Waals surface area contributed by atoms with Gasteiger partial charge in [-0.1, -0.05) is 12.8 Å². The Hall–Kier alpha value is -1.36. The Kier molecular flexibility index (Phi) is 3.47. The molecule has 2 atom stereocenters. The summed E-state index contributed by atoms with van der Waals surface area (Å²) >= 11 is 0. The zero-order valence-electron chi connectivity index (χ0n) is 14.6. The van der Waals surface area contributed by atoms with Crippen molar-refractivity contribution in [2.75, 3.05) is 30.3 Å². The minimum Gasteiger partial charge on any atom is -0.368 e. The third-order valence-corrected chi connectivity index (χ3v) is 7.12. The molecule has 3 N–H and O–H groups in total. The lowest BCUT2D eigenvalue weighted by molar-refractivity contribution is 0.352. The number of nitrogen functional groups attached to an aromatic ring is 1. The predicted molar refractivity (Wildman–Crippen MR) is 96.3 cm³/mol. The van der Waals surface area contributed by atoms with Gasteiger partial charge in [0.25, 0.3) is 0 Å². The summed E-state index contributed by atoms with van der Waals surface area (Å²) < 4.78 is 0. The molecule has 2 saturated heterocycles. The number of fused-ring (bicyclic) bond motifs is 3. The molecule has 1 saturated carbocycles. The van der Waals surface area contributed by atoms with Gasteiger partial charge >= 0.3 is 0 Å². The summed E-state index contributed by atoms with van der Waals surface area (Å²) in [5.41, 5.74) is 9.23. The molecule has 2 aliphatic carbocycles. The Balaban J connectivity index is 1.54. The Labute approximate surface area is 144 Å². The van der Waals surface area contributed by atoms with E-state index in [4.69, 9.17) is 15.7 Å². The zero-order valence-corrected chi connectivity index (χ0v) is 14.6. The smallest absolute Gasteiger partial charge is 0.222 e. The molecular weight excluding hydrogens is 298 g/mol. The Morgan fingerprint density at radius 1 is 1.08 bits per heavy atom. The second-order valence-corrected chi connectivity index (χ2v) is 8.42. The topological polar surface area (TPSA) is 67.1 Å². The monoisotopic (exact) mass is 327 g/mol. The van der Waals surface area contributed by atoms with Gasteiger partial charge in [0.1, 0.15) is 5.82 Å². The lowest BCUT2D eigenvalue weighted by Crippen LogP contribution is -2.47. The maximum absolute atomic E-state index is 6.18. The molecule has 1 aromatic heterocycles. The Bertz CT molecular complexity index is 637. The van der Waals surface area contributed by atoms with Crippen molar-refractivity contribution in [3.05, 3.63) is 11.3 Å². The third kappa shape index (κ3) is 2.24. The summed E-state index contributed by atoms with van der Waals surface area (Å²) in [6.07, 6.45) is 11.6. The Morgan fingerprint density at radius 2 is 1.92 bits per heavy atom. The first-order chi connectivity index (χ1) is 11.8. The van der Waals surface area contributed by atoms with Crippen molar-refractivity contribution in [2.45, 2.75) is 69.2 Å². The fourth-order valence-corrected chi connectivity index (χ4v) is 5.90. The van der Waals surface area contributed by atoms with Crippen molar-refractivity contribution in [1.29, 1.82) is 0 Å². The largest absolute Gasteiger partial charge is 0.368 e. The van der Waals surface area contributed by atoms with Crippen LogP contribution in [0.25, 0.3) is 0 Å². The van der Waals surface area contributed by atoms with Gasteiger partial charge in [0.15, 0.2) is 0 Å². The number of nitrogens with zero attached hydrogens (tertiary/aromatic N) is 3. The molecule has 24 heavy (non-hydrogen) atoms. The van der Waals surface area contributed by atoms with Gasteiger partial charge in [-0.05, 0) is 57.4 Å². The second kappa shape index (κ2) is 5.58. The minimum absolute atomic E-state index is 0.309. The van der Waals surface area contributed by atoms with E-state index in [2.05, 4.69) is 10.2 Å². The molecule has 0 radical (unpaired) electrons. The first-order valence-electron chi connectivity index (χ1n) is 9.90. The van der Waals surface area contributed by atoms with Crippen molar-refractivity contribution < 1.29 is 0 Å². The van der Waals surface area contributed by atoms with Gasteiger partial charge in [0.2, 0.25) is 5.95 Å². The molecule has 1 spiro atoms. The summed E-state index contributed by atoms with van der Waals surface area (Å²) in [6.45, 7) is 3.38. The average molecular weight is 327 g/mol. The van der Waals surface area contributed by atoms with Crippen LogP contribution in [0.2, 0.25) is 0 Å². The van der Waals surface area contributed by atoms with Crippen molar-refractivity contribution in [2.24, 2.45) is 5.92 Å². The summed E-state index contributed by atoms with van der Waals surface area (Å²) in [5.74, 6) is 2.51. The van der Waals surface area contributed by atoms with E-state index in [-0.39, 0.29) is 0 Å². The van der Waals surface area contributed by atoms with E-state index in [1.807, 2.05) is 0 Å². The molecule has 0 aromatic carbocycles. The van der Waals surface area contributed by atoms with Gasteiger partial charge in [-0.25, -0.2) is 4.98 Å². The lowest BCUT2D eigenvalue weighted by Gasteiger charge is -2.40. The van der Waals surface area contributed by atoms with Crippen LogP contribution in [0.5, 0.6) is 0 Å². The van der Waals surface area contributed by atoms with Crippen molar-refractivity contribution >= 4 is 11.8 Å². The molecule has 0 amide bonds. The van der Waals surface area contributed by atoms with Gasteiger partial charge in [0.05, 0.1) is 5.69 Å². The number of hydrogen-bond donors (Lipinski definition) is 2. The van der Waals surface area contributed by atoms with E-state index in [1.165, 1.54) is 69.2 Å². The van der Waals surface area contributed by atoms with Gasteiger partial charge < -0.3 is 16.0 Å². The standard InChI is InChI=1S/C19H29N5/c20-18-22-16-14(4-3-9-19(16)7-1-2-8-19)17(23-18)24-11-6-13-5-10-21-15(13)12-24/h13,15,21H,1-12H2,(H2,20,22,23). The van der Waals surface area contributed by atoms with Gasteiger partial charge in [-0.2, -0.15) is 4.98 Å². The van der Waals surface area contributed by atoms with E-state index in [0.29, 0.717) is 17.4 Å². The summed E-state index contributed by atoms with van der Waals surface area (Å²) in [7, 11) is 0. The van der Waals surface area contributed by atoms with Gasteiger partial charge in [-0.3, -0.25) is 0 Å². The van der Waals surface area contributed by atoms with Crippen LogP contribution < -0.4 is 16.0 Å².